The maximum atomic E-state index is 12.0. The standard InChI is InChI=1S/C13H24N6O8/c1-5(21)9(12(25)27-2)17-13(26)16-7(3-8(15)22)11(24)19-18-10(23)6(14)4-20/h5-7,9,20-21H,3-4,14H2,1-2H3,(H2,15,22)(H,18,23)(H,19,24)(H2,16,17,26). The van der Waals surface area contributed by atoms with Crippen molar-refractivity contribution in [3.63, 3.8) is 0 Å². The quantitative estimate of drug-likeness (QED) is 0.138. The van der Waals surface area contributed by atoms with E-state index in [0.717, 1.165) is 7.11 Å². The highest BCUT2D eigenvalue weighted by atomic mass is 16.5. The number of aliphatic hydroxyl groups is 2. The molecule has 27 heavy (non-hydrogen) atoms. The molecule has 4 atom stereocenters. The van der Waals surface area contributed by atoms with Gasteiger partial charge in [-0.3, -0.25) is 25.2 Å². The SMILES string of the molecule is COC(=O)C(NC(=O)NC(CC(N)=O)C(=O)NNC(=O)C(N)CO)C(C)O. The van der Waals surface area contributed by atoms with Gasteiger partial charge in [-0.1, -0.05) is 0 Å². The molecule has 0 aliphatic carbocycles. The number of rotatable bonds is 9. The summed E-state index contributed by atoms with van der Waals surface area (Å²) in [4.78, 5) is 58.0. The Morgan fingerprint density at radius 2 is 1.63 bits per heavy atom. The van der Waals surface area contributed by atoms with Crippen molar-refractivity contribution in [2.45, 2.75) is 37.6 Å². The molecule has 14 heteroatoms. The van der Waals surface area contributed by atoms with Crippen LogP contribution >= 0.6 is 0 Å². The molecule has 154 valence electrons. The Balaban J connectivity index is 4.96. The number of nitrogens with one attached hydrogen (secondary N) is 4. The van der Waals surface area contributed by atoms with E-state index in [4.69, 9.17) is 16.6 Å². The predicted molar refractivity (Wildman–Crippen MR) is 88.1 cm³/mol. The summed E-state index contributed by atoms with van der Waals surface area (Å²) < 4.78 is 4.41. The molecular formula is C13H24N6O8. The summed E-state index contributed by atoms with van der Waals surface area (Å²) in [6, 6.07) is -5.36. The molecule has 0 heterocycles. The Labute approximate surface area is 153 Å². The van der Waals surface area contributed by atoms with Crippen molar-refractivity contribution in [2.24, 2.45) is 11.5 Å². The van der Waals surface area contributed by atoms with Crippen molar-refractivity contribution in [1.29, 1.82) is 0 Å². The third-order valence-electron chi connectivity index (χ3n) is 3.09. The fourth-order valence-electron chi connectivity index (χ4n) is 1.64. The molecule has 0 aromatic carbocycles. The number of carbonyl (C=O) groups is 5. The molecule has 4 unspecified atom stereocenters. The van der Waals surface area contributed by atoms with Gasteiger partial charge in [0.1, 0.15) is 12.1 Å². The van der Waals surface area contributed by atoms with Gasteiger partial charge in [-0.15, -0.1) is 0 Å². The van der Waals surface area contributed by atoms with E-state index in [0.29, 0.717) is 0 Å². The van der Waals surface area contributed by atoms with Crippen LogP contribution in [0.2, 0.25) is 0 Å². The predicted octanol–water partition coefficient (Wildman–Crippen LogP) is -5.08. The number of nitrogens with two attached hydrogens (primary N) is 2. The van der Waals surface area contributed by atoms with E-state index in [1.807, 2.05) is 10.9 Å². The van der Waals surface area contributed by atoms with Gasteiger partial charge in [0.15, 0.2) is 6.04 Å². The van der Waals surface area contributed by atoms with E-state index in [-0.39, 0.29) is 0 Å². The zero-order valence-electron chi connectivity index (χ0n) is 14.7. The second-order valence-electron chi connectivity index (χ2n) is 5.35. The highest BCUT2D eigenvalue weighted by Gasteiger charge is 2.29. The number of amides is 5. The fourth-order valence-corrected chi connectivity index (χ4v) is 1.64. The molecule has 14 nitrogen and oxygen atoms in total. The highest BCUT2D eigenvalue weighted by molar-refractivity contribution is 5.93. The molecule has 5 amide bonds. The molecule has 0 aliphatic rings. The van der Waals surface area contributed by atoms with Gasteiger partial charge in [0.05, 0.1) is 26.2 Å². The fraction of sp³-hybridized carbons (Fsp3) is 0.615. The summed E-state index contributed by atoms with van der Waals surface area (Å²) in [5.74, 6) is -3.85. The molecule has 0 spiro atoms. The van der Waals surface area contributed by atoms with E-state index in [9.17, 15) is 29.1 Å². The molecule has 0 aromatic rings. The Bertz CT molecular complexity index is 569. The molecule has 0 saturated carbocycles. The lowest BCUT2D eigenvalue weighted by Crippen LogP contribution is -2.59. The number of ether oxygens (including phenoxy) is 1. The lowest BCUT2D eigenvalue weighted by Gasteiger charge is -2.22. The zero-order valence-corrected chi connectivity index (χ0v) is 14.7. The molecule has 0 saturated heterocycles. The summed E-state index contributed by atoms with van der Waals surface area (Å²) in [5.41, 5.74) is 14.0. The summed E-state index contributed by atoms with van der Waals surface area (Å²) in [5, 5.41) is 22.4. The average molecular weight is 392 g/mol. The number of esters is 1. The normalized spacial score (nSPS) is 14.7. The van der Waals surface area contributed by atoms with Crippen molar-refractivity contribution >= 4 is 29.7 Å². The minimum Gasteiger partial charge on any atom is -0.467 e. The van der Waals surface area contributed by atoms with E-state index in [2.05, 4.69) is 15.4 Å². The van der Waals surface area contributed by atoms with Gasteiger partial charge in [0.2, 0.25) is 5.91 Å². The number of hydrazine groups is 1. The van der Waals surface area contributed by atoms with Gasteiger partial charge in [-0.05, 0) is 6.92 Å². The van der Waals surface area contributed by atoms with Crippen LogP contribution in [0.4, 0.5) is 4.79 Å². The van der Waals surface area contributed by atoms with Gasteiger partial charge < -0.3 is 37.1 Å². The van der Waals surface area contributed by atoms with Crippen molar-refractivity contribution < 1.29 is 38.9 Å². The van der Waals surface area contributed by atoms with E-state index < -0.39 is 67.0 Å². The summed E-state index contributed by atoms with van der Waals surface area (Å²) in [7, 11) is 1.04. The van der Waals surface area contributed by atoms with Crippen LogP contribution in [0.5, 0.6) is 0 Å². The van der Waals surface area contributed by atoms with Crippen molar-refractivity contribution in [3.05, 3.63) is 0 Å². The van der Waals surface area contributed by atoms with Crippen molar-refractivity contribution in [3.8, 4) is 0 Å². The molecular weight excluding hydrogens is 368 g/mol. The van der Waals surface area contributed by atoms with Crippen LogP contribution in [-0.4, -0.2) is 77.9 Å². The monoisotopic (exact) mass is 392 g/mol. The third kappa shape index (κ3) is 8.80. The van der Waals surface area contributed by atoms with Gasteiger partial charge in [-0.2, -0.15) is 0 Å². The van der Waals surface area contributed by atoms with E-state index in [1.165, 1.54) is 6.92 Å². The Kier molecular flexibility index (Phi) is 10.3. The minimum absolute atomic E-state index is 0.640. The Morgan fingerprint density at radius 1 is 1.07 bits per heavy atom. The average Bonchev–Trinajstić information content (AvgIpc) is 2.61. The summed E-state index contributed by atoms with van der Waals surface area (Å²) in [6.07, 6.45) is -1.95. The minimum atomic E-state index is -1.53. The summed E-state index contributed by atoms with van der Waals surface area (Å²) in [6.45, 7) is 0.538. The molecule has 0 rings (SSSR count). The first-order valence-corrected chi connectivity index (χ1v) is 7.60. The number of aliphatic hydroxyl groups excluding tert-OH is 2. The molecule has 0 radical (unpaired) electrons. The number of hydrogen-bond donors (Lipinski definition) is 8. The van der Waals surface area contributed by atoms with Crippen molar-refractivity contribution in [1.82, 2.24) is 21.5 Å². The van der Waals surface area contributed by atoms with Crippen LogP contribution in [0.25, 0.3) is 0 Å². The number of primary amides is 1. The first-order valence-electron chi connectivity index (χ1n) is 7.60. The highest BCUT2D eigenvalue weighted by Crippen LogP contribution is 1.97. The second kappa shape index (κ2) is 11.6. The van der Waals surface area contributed by atoms with Gasteiger partial charge >= 0.3 is 12.0 Å². The molecule has 0 aromatic heterocycles. The molecule has 0 fully saturated rings. The summed E-state index contributed by atoms with van der Waals surface area (Å²) >= 11 is 0. The molecule has 0 aliphatic heterocycles. The van der Waals surface area contributed by atoms with Crippen molar-refractivity contribution in [2.75, 3.05) is 13.7 Å². The smallest absolute Gasteiger partial charge is 0.331 e. The zero-order chi connectivity index (χ0) is 21.1. The van der Waals surface area contributed by atoms with Crippen LogP contribution in [0.15, 0.2) is 0 Å². The number of urea groups is 1. The third-order valence-corrected chi connectivity index (χ3v) is 3.09. The van der Waals surface area contributed by atoms with Gasteiger partial charge in [-0.25, -0.2) is 9.59 Å². The van der Waals surface area contributed by atoms with Gasteiger partial charge in [0.25, 0.3) is 11.8 Å². The Morgan fingerprint density at radius 3 is 2.07 bits per heavy atom. The van der Waals surface area contributed by atoms with Crippen LogP contribution in [-0.2, 0) is 23.9 Å². The molecule has 10 N–H and O–H groups in total. The second-order valence-corrected chi connectivity index (χ2v) is 5.35. The van der Waals surface area contributed by atoms with Crippen LogP contribution < -0.4 is 33.0 Å². The Hall–Kier alpha value is -2.97. The first-order chi connectivity index (χ1) is 12.5. The van der Waals surface area contributed by atoms with Gasteiger partial charge in [0, 0.05) is 0 Å². The van der Waals surface area contributed by atoms with E-state index >= 15 is 0 Å². The lowest BCUT2D eigenvalue weighted by atomic mass is 10.1. The van der Waals surface area contributed by atoms with Crippen LogP contribution in [0, 0.1) is 0 Å². The maximum absolute atomic E-state index is 12.0. The largest absolute Gasteiger partial charge is 0.467 e. The first kappa shape index (κ1) is 24.0. The number of carbonyl (C=O) groups excluding carboxylic acids is 5. The maximum Gasteiger partial charge on any atom is 0.331 e. The van der Waals surface area contributed by atoms with E-state index in [1.54, 1.807) is 0 Å². The van der Waals surface area contributed by atoms with Crippen LogP contribution in [0.1, 0.15) is 13.3 Å². The lowest BCUT2D eigenvalue weighted by molar-refractivity contribution is -0.145. The molecule has 0 bridgehead atoms. The van der Waals surface area contributed by atoms with Crippen LogP contribution in [0.3, 0.4) is 0 Å². The number of methoxy groups -OCH3 is 1. The topological polar surface area (TPSA) is 235 Å². The number of hydrogen-bond acceptors (Lipinski definition) is 9.